The summed E-state index contributed by atoms with van der Waals surface area (Å²) < 4.78 is 34.1. The smallest absolute Gasteiger partial charge is 0.159 e. The molecule has 0 saturated carbocycles. The average Bonchev–Trinajstić information content (AvgIpc) is 2.16. The Balaban J connectivity index is 2.30. The van der Waals surface area contributed by atoms with E-state index in [1.807, 2.05) is 24.3 Å². The van der Waals surface area contributed by atoms with E-state index in [2.05, 4.69) is 4.72 Å². The Labute approximate surface area is 89.2 Å². The second kappa shape index (κ2) is 3.92. The van der Waals surface area contributed by atoms with E-state index in [-0.39, 0.29) is 6.04 Å². The van der Waals surface area contributed by atoms with E-state index in [4.69, 9.17) is 0 Å². The van der Waals surface area contributed by atoms with Gasteiger partial charge in [-0.25, -0.2) is 13.1 Å². The van der Waals surface area contributed by atoms with Gasteiger partial charge >= 0.3 is 0 Å². The van der Waals surface area contributed by atoms with Crippen molar-refractivity contribution in [2.75, 3.05) is 0 Å². The molecule has 4 nitrogen and oxygen atoms in total. The van der Waals surface area contributed by atoms with Gasteiger partial charge in [0.1, 0.15) is 0 Å². The van der Waals surface area contributed by atoms with Crippen LogP contribution in [0.4, 0.5) is 0 Å². The van der Waals surface area contributed by atoms with Gasteiger partial charge in [-0.3, -0.25) is 0 Å². The van der Waals surface area contributed by atoms with Crippen LogP contribution in [-0.4, -0.2) is 13.0 Å². The Morgan fingerprint density at radius 1 is 1.33 bits per heavy atom. The lowest BCUT2D eigenvalue weighted by Gasteiger charge is -2.27. The Morgan fingerprint density at radius 2 is 2.07 bits per heavy atom. The molecule has 82 valence electrons. The molecule has 1 aliphatic rings. The molecule has 1 aliphatic carbocycles. The molecule has 1 N–H and O–H groups in total. The molecule has 0 spiro atoms. The maximum atomic E-state index is 10.6. The van der Waals surface area contributed by atoms with Crippen LogP contribution in [0.25, 0.3) is 0 Å². The van der Waals surface area contributed by atoms with Gasteiger partial charge in [-0.15, -0.1) is 0 Å². The molecule has 2 rings (SSSR count). The number of nitrogens with one attached hydrogen (secondary N) is 1. The van der Waals surface area contributed by atoms with Crippen molar-refractivity contribution in [3.8, 4) is 0 Å². The largest absolute Gasteiger partial charge is 0.735 e. The number of hydrogen-bond donors (Lipinski definition) is 1. The molecule has 15 heavy (non-hydrogen) atoms. The van der Waals surface area contributed by atoms with Crippen LogP contribution in [0.3, 0.4) is 0 Å². The van der Waals surface area contributed by atoms with Gasteiger partial charge in [-0.2, -0.15) is 0 Å². The molecule has 1 aromatic rings. The van der Waals surface area contributed by atoms with Gasteiger partial charge in [0.25, 0.3) is 0 Å². The van der Waals surface area contributed by atoms with Crippen molar-refractivity contribution >= 4 is 10.3 Å². The lowest BCUT2D eigenvalue weighted by Crippen LogP contribution is -2.30. The lowest BCUT2D eigenvalue weighted by atomic mass is 9.88. The van der Waals surface area contributed by atoms with Crippen LogP contribution >= 0.6 is 0 Å². The van der Waals surface area contributed by atoms with Crippen molar-refractivity contribution in [3.05, 3.63) is 35.4 Å². The van der Waals surface area contributed by atoms with E-state index in [9.17, 15) is 13.0 Å². The minimum absolute atomic E-state index is 0.350. The monoisotopic (exact) mass is 226 g/mol. The SMILES string of the molecule is O=S(=O)([O-])NC1CCCc2ccccc21. The zero-order valence-corrected chi connectivity index (χ0v) is 8.96. The molecule has 0 bridgehead atoms. The fraction of sp³-hybridized carbons (Fsp3) is 0.400. The van der Waals surface area contributed by atoms with Gasteiger partial charge in [-0.1, -0.05) is 24.3 Å². The second-order valence-electron chi connectivity index (χ2n) is 3.72. The summed E-state index contributed by atoms with van der Waals surface area (Å²) in [7, 11) is -4.37. The zero-order valence-electron chi connectivity index (χ0n) is 8.14. The van der Waals surface area contributed by atoms with Crippen LogP contribution in [-0.2, 0) is 16.7 Å². The maximum Gasteiger partial charge on any atom is 0.159 e. The van der Waals surface area contributed by atoms with Crippen molar-refractivity contribution in [3.63, 3.8) is 0 Å². The fourth-order valence-corrected chi connectivity index (χ4v) is 2.64. The first-order chi connectivity index (χ1) is 7.06. The van der Waals surface area contributed by atoms with E-state index in [0.717, 1.165) is 24.0 Å². The summed E-state index contributed by atoms with van der Waals surface area (Å²) in [5, 5.41) is 0. The molecule has 0 radical (unpaired) electrons. The zero-order chi connectivity index (χ0) is 10.9. The highest BCUT2D eigenvalue weighted by molar-refractivity contribution is 7.83. The van der Waals surface area contributed by atoms with Gasteiger partial charge in [0.05, 0.1) is 0 Å². The molecule has 0 aliphatic heterocycles. The number of aryl methyl sites for hydroxylation is 1. The molecule has 0 fully saturated rings. The van der Waals surface area contributed by atoms with E-state index in [0.29, 0.717) is 6.42 Å². The molecular weight excluding hydrogens is 214 g/mol. The van der Waals surface area contributed by atoms with E-state index in [1.54, 1.807) is 0 Å². The Bertz CT molecular complexity index is 455. The standard InChI is InChI=1S/C10H13NO3S/c12-15(13,14)11-10-7-3-5-8-4-1-2-6-9(8)10/h1-2,4,6,10-11H,3,5,7H2,(H,12,13,14)/p-1. The highest BCUT2D eigenvalue weighted by Gasteiger charge is 2.20. The van der Waals surface area contributed by atoms with Gasteiger partial charge in [0, 0.05) is 6.04 Å². The first-order valence-corrected chi connectivity index (χ1v) is 6.28. The maximum absolute atomic E-state index is 10.6. The average molecular weight is 226 g/mol. The highest BCUT2D eigenvalue weighted by Crippen LogP contribution is 2.29. The van der Waals surface area contributed by atoms with Gasteiger partial charge in [0.15, 0.2) is 10.3 Å². The quantitative estimate of drug-likeness (QED) is 0.768. The normalized spacial score (nSPS) is 21.0. The molecule has 0 saturated heterocycles. The lowest BCUT2D eigenvalue weighted by molar-refractivity contribution is 0.423. The van der Waals surface area contributed by atoms with Crippen molar-refractivity contribution in [1.29, 1.82) is 0 Å². The topological polar surface area (TPSA) is 69.2 Å². The van der Waals surface area contributed by atoms with Gasteiger partial charge < -0.3 is 4.55 Å². The molecular formula is C10H12NO3S-. The van der Waals surface area contributed by atoms with Gasteiger partial charge in [-0.05, 0) is 30.4 Å². The fourth-order valence-electron chi connectivity index (χ4n) is 2.05. The van der Waals surface area contributed by atoms with E-state index >= 15 is 0 Å². The number of rotatable bonds is 2. The molecule has 1 unspecified atom stereocenters. The summed E-state index contributed by atoms with van der Waals surface area (Å²) in [5.41, 5.74) is 2.06. The minimum atomic E-state index is -4.37. The van der Waals surface area contributed by atoms with Crippen molar-refractivity contribution in [2.24, 2.45) is 0 Å². The van der Waals surface area contributed by atoms with Crippen molar-refractivity contribution in [1.82, 2.24) is 4.72 Å². The van der Waals surface area contributed by atoms with Crippen LogP contribution in [0.2, 0.25) is 0 Å². The predicted octanol–water partition coefficient (Wildman–Crippen LogP) is 1.11. The summed E-state index contributed by atoms with van der Waals surface area (Å²) in [6.07, 6.45) is 2.55. The number of fused-ring (bicyclic) bond motifs is 1. The Hall–Kier alpha value is -0.910. The van der Waals surface area contributed by atoms with Crippen LogP contribution in [0.5, 0.6) is 0 Å². The third-order valence-corrected chi connectivity index (χ3v) is 3.23. The third kappa shape index (κ3) is 2.56. The van der Waals surface area contributed by atoms with Crippen molar-refractivity contribution < 1.29 is 13.0 Å². The summed E-state index contributed by atoms with van der Waals surface area (Å²) in [6.45, 7) is 0. The van der Waals surface area contributed by atoms with Crippen LogP contribution in [0.1, 0.15) is 30.0 Å². The predicted molar refractivity (Wildman–Crippen MR) is 55.0 cm³/mol. The van der Waals surface area contributed by atoms with Crippen LogP contribution < -0.4 is 4.72 Å². The first-order valence-electron chi connectivity index (χ1n) is 4.87. The molecule has 1 atom stereocenters. The minimum Gasteiger partial charge on any atom is -0.735 e. The molecule has 0 amide bonds. The summed E-state index contributed by atoms with van der Waals surface area (Å²) in [6, 6.07) is 7.28. The summed E-state index contributed by atoms with van der Waals surface area (Å²) in [4.78, 5) is 0. The second-order valence-corrected chi connectivity index (χ2v) is 4.86. The first kappa shape index (κ1) is 10.6. The van der Waals surface area contributed by atoms with E-state index in [1.165, 1.54) is 0 Å². The Kier molecular flexibility index (Phi) is 2.77. The molecule has 5 heteroatoms. The Morgan fingerprint density at radius 3 is 2.80 bits per heavy atom. The third-order valence-electron chi connectivity index (χ3n) is 2.66. The van der Waals surface area contributed by atoms with Crippen molar-refractivity contribution in [2.45, 2.75) is 25.3 Å². The summed E-state index contributed by atoms with van der Waals surface area (Å²) >= 11 is 0. The highest BCUT2D eigenvalue weighted by atomic mass is 32.2. The molecule has 0 aromatic heterocycles. The van der Waals surface area contributed by atoms with E-state index < -0.39 is 10.3 Å². The van der Waals surface area contributed by atoms with Gasteiger partial charge in [0.2, 0.25) is 0 Å². The van der Waals surface area contributed by atoms with Crippen LogP contribution in [0, 0.1) is 0 Å². The number of benzene rings is 1. The molecule has 1 aromatic carbocycles. The summed E-state index contributed by atoms with van der Waals surface area (Å²) in [5.74, 6) is 0. The molecule has 0 heterocycles. The number of hydrogen-bond acceptors (Lipinski definition) is 3. The van der Waals surface area contributed by atoms with Crippen LogP contribution in [0.15, 0.2) is 24.3 Å².